The first-order chi connectivity index (χ1) is 9.54. The molecular formula is C14H22N2O4S. The zero-order valence-electron chi connectivity index (χ0n) is 12.8. The molecule has 0 atom stereocenters. The van der Waals surface area contributed by atoms with Crippen molar-refractivity contribution in [1.82, 2.24) is 5.32 Å². The fourth-order valence-electron chi connectivity index (χ4n) is 1.68. The molecule has 21 heavy (non-hydrogen) atoms. The SMILES string of the molecule is COCc1ccc(C(=O)NCC(C)(C)C)cc1S(N)(=O)=O. The maximum Gasteiger partial charge on any atom is 0.251 e. The normalized spacial score (nSPS) is 12.2. The molecule has 0 aliphatic carbocycles. The van der Waals surface area contributed by atoms with Gasteiger partial charge in [-0.05, 0) is 23.1 Å². The van der Waals surface area contributed by atoms with Gasteiger partial charge in [-0.3, -0.25) is 4.79 Å². The quantitative estimate of drug-likeness (QED) is 0.854. The van der Waals surface area contributed by atoms with E-state index in [0.29, 0.717) is 12.1 Å². The van der Waals surface area contributed by atoms with Gasteiger partial charge in [-0.15, -0.1) is 0 Å². The summed E-state index contributed by atoms with van der Waals surface area (Å²) in [7, 11) is -2.46. The highest BCUT2D eigenvalue weighted by atomic mass is 32.2. The van der Waals surface area contributed by atoms with Gasteiger partial charge in [0.15, 0.2) is 0 Å². The second kappa shape index (κ2) is 6.55. The number of amides is 1. The summed E-state index contributed by atoms with van der Waals surface area (Å²) >= 11 is 0. The Hall–Kier alpha value is -1.44. The number of hydrogen-bond donors (Lipinski definition) is 2. The molecule has 1 rings (SSSR count). The highest BCUT2D eigenvalue weighted by Crippen LogP contribution is 2.18. The van der Waals surface area contributed by atoms with Gasteiger partial charge in [0.05, 0.1) is 11.5 Å². The lowest BCUT2D eigenvalue weighted by atomic mass is 9.97. The highest BCUT2D eigenvalue weighted by molar-refractivity contribution is 7.89. The molecule has 0 bridgehead atoms. The van der Waals surface area contributed by atoms with E-state index in [0.717, 1.165) is 0 Å². The number of nitrogens with one attached hydrogen (secondary N) is 1. The molecule has 1 aromatic carbocycles. The molecule has 0 fully saturated rings. The Morgan fingerprint density at radius 3 is 2.43 bits per heavy atom. The lowest BCUT2D eigenvalue weighted by molar-refractivity contribution is 0.0939. The van der Waals surface area contributed by atoms with Crippen LogP contribution in [0.25, 0.3) is 0 Å². The summed E-state index contributed by atoms with van der Waals surface area (Å²) in [5.41, 5.74) is 0.615. The molecule has 118 valence electrons. The van der Waals surface area contributed by atoms with Crippen molar-refractivity contribution in [2.45, 2.75) is 32.3 Å². The summed E-state index contributed by atoms with van der Waals surface area (Å²) < 4.78 is 28.2. The van der Waals surface area contributed by atoms with Crippen LogP contribution in [0.15, 0.2) is 23.1 Å². The Bertz CT molecular complexity index is 618. The van der Waals surface area contributed by atoms with Crippen LogP contribution < -0.4 is 10.5 Å². The topological polar surface area (TPSA) is 98.5 Å². The van der Waals surface area contributed by atoms with Gasteiger partial charge in [0.25, 0.3) is 5.91 Å². The fourth-order valence-corrected chi connectivity index (χ4v) is 2.47. The van der Waals surface area contributed by atoms with E-state index in [1.165, 1.54) is 19.2 Å². The zero-order chi connectivity index (χ0) is 16.3. The van der Waals surface area contributed by atoms with Crippen LogP contribution in [0.3, 0.4) is 0 Å². The van der Waals surface area contributed by atoms with Crippen LogP contribution >= 0.6 is 0 Å². The maximum absolute atomic E-state index is 12.1. The fraction of sp³-hybridized carbons (Fsp3) is 0.500. The maximum atomic E-state index is 12.1. The lowest BCUT2D eigenvalue weighted by Gasteiger charge is -2.19. The van der Waals surface area contributed by atoms with E-state index in [-0.39, 0.29) is 28.4 Å². The summed E-state index contributed by atoms with van der Waals surface area (Å²) in [6.07, 6.45) is 0. The predicted octanol–water partition coefficient (Wildman–Crippen LogP) is 1.26. The Morgan fingerprint density at radius 2 is 1.95 bits per heavy atom. The summed E-state index contributed by atoms with van der Waals surface area (Å²) in [6.45, 7) is 6.56. The molecule has 3 N–H and O–H groups in total. The van der Waals surface area contributed by atoms with Crippen molar-refractivity contribution in [3.63, 3.8) is 0 Å². The van der Waals surface area contributed by atoms with E-state index < -0.39 is 10.0 Å². The van der Waals surface area contributed by atoms with Crippen LogP contribution in [-0.4, -0.2) is 28.0 Å². The van der Waals surface area contributed by atoms with Crippen molar-refractivity contribution < 1.29 is 17.9 Å². The first kappa shape index (κ1) is 17.6. The number of ether oxygens (including phenoxy) is 1. The molecule has 1 amide bonds. The van der Waals surface area contributed by atoms with Gasteiger partial charge in [-0.2, -0.15) is 0 Å². The lowest BCUT2D eigenvalue weighted by Crippen LogP contribution is -2.32. The van der Waals surface area contributed by atoms with E-state index in [4.69, 9.17) is 9.88 Å². The minimum Gasteiger partial charge on any atom is -0.380 e. The van der Waals surface area contributed by atoms with Crippen LogP contribution in [0.1, 0.15) is 36.7 Å². The van der Waals surface area contributed by atoms with Crippen molar-refractivity contribution in [2.75, 3.05) is 13.7 Å². The number of rotatable bonds is 5. The highest BCUT2D eigenvalue weighted by Gasteiger charge is 2.18. The first-order valence-electron chi connectivity index (χ1n) is 6.47. The molecule has 0 unspecified atom stereocenters. The molecule has 6 nitrogen and oxygen atoms in total. The van der Waals surface area contributed by atoms with E-state index >= 15 is 0 Å². The van der Waals surface area contributed by atoms with Crippen molar-refractivity contribution in [3.05, 3.63) is 29.3 Å². The van der Waals surface area contributed by atoms with Gasteiger partial charge in [0.2, 0.25) is 10.0 Å². The van der Waals surface area contributed by atoms with Crippen LogP contribution in [-0.2, 0) is 21.4 Å². The molecule has 0 saturated heterocycles. The van der Waals surface area contributed by atoms with Gasteiger partial charge in [0.1, 0.15) is 0 Å². The molecule has 0 aliphatic rings. The van der Waals surface area contributed by atoms with Crippen LogP contribution in [0.4, 0.5) is 0 Å². The number of carbonyl (C=O) groups excluding carboxylic acids is 1. The predicted molar refractivity (Wildman–Crippen MR) is 80.3 cm³/mol. The summed E-state index contributed by atoms with van der Waals surface area (Å²) in [4.78, 5) is 12.0. The molecule has 0 spiro atoms. The van der Waals surface area contributed by atoms with Crippen molar-refractivity contribution in [3.8, 4) is 0 Å². The van der Waals surface area contributed by atoms with Gasteiger partial charge in [-0.1, -0.05) is 26.8 Å². The first-order valence-corrected chi connectivity index (χ1v) is 8.02. The zero-order valence-corrected chi connectivity index (χ0v) is 13.6. The number of methoxy groups -OCH3 is 1. The molecule has 0 saturated carbocycles. The molecule has 7 heteroatoms. The van der Waals surface area contributed by atoms with Crippen molar-refractivity contribution >= 4 is 15.9 Å². The Morgan fingerprint density at radius 1 is 1.33 bits per heavy atom. The van der Waals surface area contributed by atoms with Crippen molar-refractivity contribution in [2.24, 2.45) is 10.6 Å². The number of nitrogens with two attached hydrogens (primary N) is 1. The summed E-state index contributed by atoms with van der Waals surface area (Å²) in [5.74, 6) is -0.334. The Labute approximate surface area is 125 Å². The largest absolute Gasteiger partial charge is 0.380 e. The second-order valence-corrected chi connectivity index (χ2v) is 7.57. The van der Waals surface area contributed by atoms with E-state index in [2.05, 4.69) is 5.32 Å². The molecular weight excluding hydrogens is 292 g/mol. The van der Waals surface area contributed by atoms with Gasteiger partial charge < -0.3 is 10.1 Å². The molecule has 0 aromatic heterocycles. The van der Waals surface area contributed by atoms with E-state index in [9.17, 15) is 13.2 Å². The Kier molecular flexibility index (Phi) is 5.49. The second-order valence-electron chi connectivity index (χ2n) is 6.04. The third-order valence-corrected chi connectivity index (χ3v) is 3.71. The molecule has 0 heterocycles. The van der Waals surface area contributed by atoms with E-state index in [1.807, 2.05) is 20.8 Å². The van der Waals surface area contributed by atoms with Gasteiger partial charge >= 0.3 is 0 Å². The average Bonchev–Trinajstić information content (AvgIpc) is 2.34. The summed E-state index contributed by atoms with van der Waals surface area (Å²) in [5, 5.41) is 7.95. The standard InChI is InChI=1S/C14H22N2O4S/c1-14(2,3)9-16-13(17)10-5-6-11(8-20-4)12(7-10)21(15,18)19/h5-7H,8-9H2,1-4H3,(H,16,17)(H2,15,18,19). The average molecular weight is 314 g/mol. The number of sulfonamides is 1. The number of benzene rings is 1. The molecule has 0 aliphatic heterocycles. The minimum absolute atomic E-state index is 0.0611. The Balaban J connectivity index is 3.08. The van der Waals surface area contributed by atoms with Crippen LogP contribution in [0.5, 0.6) is 0 Å². The third-order valence-electron chi connectivity index (χ3n) is 2.71. The van der Waals surface area contributed by atoms with Crippen molar-refractivity contribution in [1.29, 1.82) is 0 Å². The number of primary sulfonamides is 1. The van der Waals surface area contributed by atoms with Gasteiger partial charge in [0, 0.05) is 19.2 Å². The monoisotopic (exact) mass is 314 g/mol. The third kappa shape index (κ3) is 5.45. The summed E-state index contributed by atoms with van der Waals surface area (Å²) in [6, 6.07) is 4.37. The number of hydrogen-bond acceptors (Lipinski definition) is 4. The van der Waals surface area contributed by atoms with E-state index in [1.54, 1.807) is 6.07 Å². The van der Waals surface area contributed by atoms with Gasteiger partial charge in [-0.25, -0.2) is 13.6 Å². The van der Waals surface area contributed by atoms with Crippen LogP contribution in [0, 0.1) is 5.41 Å². The van der Waals surface area contributed by atoms with Crippen LogP contribution in [0.2, 0.25) is 0 Å². The smallest absolute Gasteiger partial charge is 0.251 e. The molecule has 0 radical (unpaired) electrons. The number of carbonyl (C=O) groups is 1. The minimum atomic E-state index is -3.92. The molecule has 1 aromatic rings.